The van der Waals surface area contributed by atoms with Crippen LogP contribution in [-0.4, -0.2) is 4.57 Å². The summed E-state index contributed by atoms with van der Waals surface area (Å²) in [6, 6.07) is 38.6. The largest absolute Gasteiger partial charge is 0.399 e. The van der Waals surface area contributed by atoms with Gasteiger partial charge < -0.3 is 10.3 Å². The van der Waals surface area contributed by atoms with E-state index in [9.17, 15) is 0 Å². The predicted octanol–water partition coefficient (Wildman–Crippen LogP) is 7.09. The second-order valence-electron chi connectivity index (χ2n) is 10.4. The summed E-state index contributed by atoms with van der Waals surface area (Å²) in [6.45, 7) is 0. The first-order valence-corrected chi connectivity index (χ1v) is 70.2. The highest BCUT2D eigenvalue weighted by atomic mass is 33.5. The number of benzene rings is 5. The van der Waals surface area contributed by atoms with Gasteiger partial charge in [0.25, 0.3) is 0 Å². The minimum atomic E-state index is 0.783. The van der Waals surface area contributed by atoms with E-state index in [2.05, 4.69) is 102 Å². The fourth-order valence-corrected chi connectivity index (χ4v) is 106. The Morgan fingerprint density at radius 2 is 0.592 bits per heavy atom. The number of nitrogens with zero attached hydrogens (tertiary/aromatic N) is 1. The first-order valence-electron chi connectivity index (χ1n) is 16.8. The molecule has 0 radical (unpaired) electrons. The molecular formula is C28H20N2S41. The molecule has 5 aromatic carbocycles. The van der Waals surface area contributed by atoms with E-state index in [1.807, 2.05) is 234 Å². The highest BCUT2D eigenvalue weighted by Crippen LogP contribution is 2.35. The second-order valence-corrected chi connectivity index (χ2v) is 79.4. The Bertz CT molecular complexity index is 4640. The average Bonchev–Trinajstić information content (AvgIpc) is 3.74. The van der Waals surface area contributed by atoms with Crippen molar-refractivity contribution < 1.29 is 0 Å². The molecular weight excluding hydrogens is 1680 g/mol. The maximum atomic E-state index is 5.89. The number of nitrogens with two attached hydrogens (primary N) is 1. The van der Waals surface area contributed by atoms with Gasteiger partial charge in [-0.2, -0.15) is 0 Å². The van der Waals surface area contributed by atoms with Crippen LogP contribution in [0.15, 0.2) is 109 Å². The van der Waals surface area contributed by atoms with Crippen LogP contribution < -0.4 is 5.73 Å². The van der Waals surface area contributed by atoms with Crippen LogP contribution in [0.25, 0.3) is 49.4 Å². The summed E-state index contributed by atoms with van der Waals surface area (Å²) in [6.07, 6.45) is 0. The van der Waals surface area contributed by atoms with Crippen LogP contribution in [0.5, 0.6) is 0 Å². The summed E-state index contributed by atoms with van der Waals surface area (Å²) >= 11 is 9.61. The molecule has 1 heterocycles. The molecule has 0 saturated carbocycles. The van der Waals surface area contributed by atoms with Gasteiger partial charge in [-0.25, -0.2) is 0 Å². The van der Waals surface area contributed by atoms with E-state index >= 15 is 0 Å². The summed E-state index contributed by atoms with van der Waals surface area (Å²) in [4.78, 5) is 0. The van der Waals surface area contributed by atoms with E-state index in [4.69, 9.17) is 28.1 Å². The third kappa shape index (κ3) is 28.7. The van der Waals surface area contributed by atoms with Gasteiger partial charge in [-0.15, -0.1) is 0 Å². The van der Waals surface area contributed by atoms with Gasteiger partial charge in [0.2, 0.25) is 0 Å². The molecule has 2 nitrogen and oxygen atoms in total. The van der Waals surface area contributed by atoms with Gasteiger partial charge >= 0.3 is 0 Å². The van der Waals surface area contributed by atoms with Crippen LogP contribution in [0.1, 0.15) is 0 Å². The van der Waals surface area contributed by atoms with Gasteiger partial charge in [0, 0.05) is 391 Å². The van der Waals surface area contributed by atoms with Crippen LogP contribution >= 0.6 is 0 Å². The van der Waals surface area contributed by atoms with E-state index in [0.717, 1.165) is 5.69 Å². The molecule has 2 N–H and O–H groups in total. The van der Waals surface area contributed by atoms with Crippen LogP contribution in [0.4, 0.5) is 5.69 Å². The first kappa shape index (κ1) is 66.8. The molecule has 6 aromatic rings. The molecule has 0 spiro atoms. The summed E-state index contributed by atoms with van der Waals surface area (Å²) in [7, 11) is 69.2. The van der Waals surface area contributed by atoms with Gasteiger partial charge in [-0.3, -0.25) is 0 Å². The quantitative estimate of drug-likeness (QED) is 0.188. The van der Waals surface area contributed by atoms with Gasteiger partial charge in [-0.1, -0.05) is 72.8 Å². The van der Waals surface area contributed by atoms with Crippen molar-refractivity contribution in [3.8, 4) is 16.8 Å². The topological polar surface area (TPSA) is 30.9 Å². The lowest BCUT2D eigenvalue weighted by Crippen LogP contribution is -1.95. The van der Waals surface area contributed by atoms with Crippen molar-refractivity contribution in [2.24, 2.45) is 0 Å². The number of anilines is 1. The van der Waals surface area contributed by atoms with Crippen molar-refractivity contribution in [1.29, 1.82) is 0 Å². The zero-order valence-corrected chi connectivity index (χ0v) is 66.6. The molecule has 0 aliphatic carbocycles. The molecule has 1 aromatic heterocycles. The van der Waals surface area contributed by atoms with E-state index in [-0.39, 0.29) is 0 Å². The van der Waals surface area contributed by atoms with Crippen LogP contribution in [0.2, 0.25) is 0 Å². The fourth-order valence-electron chi connectivity index (χ4n) is 4.91. The van der Waals surface area contributed by atoms with Crippen LogP contribution in [-0.2, 0) is 369 Å². The Labute approximate surface area is 531 Å². The monoisotopic (exact) mass is 1700 g/mol. The third-order valence-electron chi connectivity index (χ3n) is 6.98. The molecule has 0 atom stereocenters. The minimum absolute atomic E-state index is 0.783. The Kier molecular flexibility index (Phi) is 42.8. The van der Waals surface area contributed by atoms with E-state index in [1.54, 1.807) is 107 Å². The Hall–Kier alpha value is 4.98. The lowest BCUT2D eigenvalue weighted by molar-refractivity contribution is 1.20. The second kappa shape index (κ2) is 45.5. The SMILES string of the molecule is Nc1ccc(-c2ccc3cccc(-n4c5ccccc5c5ccccc54)c3c2)cc1.S=S=S=S=S=S=S=S=S=S=S=S=S=S=S=S=S=S=S=S=S=S=S=S=S=S=S=S=S=S=S=S=S=S=S=S=S=S=S=S=S. The van der Waals surface area contributed by atoms with Crippen molar-refractivity contribution in [2.75, 3.05) is 5.73 Å². The molecule has 0 amide bonds. The first-order chi connectivity index (χ1) is 35.2. The van der Waals surface area contributed by atoms with E-state index in [1.165, 1.54) is 67.2 Å². The van der Waals surface area contributed by atoms with Crippen molar-refractivity contribution in [1.82, 2.24) is 4.57 Å². The number of para-hydroxylation sites is 2. The molecule has 6 rings (SSSR count). The normalized spacial score (nSPS) is 9.30. The van der Waals surface area contributed by atoms with Gasteiger partial charge in [0.05, 0.1) is 16.7 Å². The van der Waals surface area contributed by atoms with Crippen LogP contribution in [0.3, 0.4) is 0 Å². The lowest BCUT2D eigenvalue weighted by atomic mass is 10.00. The minimum Gasteiger partial charge on any atom is -0.399 e. The number of rotatable bonds is 2. The zero-order chi connectivity index (χ0) is 49.7. The highest BCUT2D eigenvalue weighted by Gasteiger charge is 2.14. The Morgan fingerprint density at radius 1 is 0.282 bits per heavy atom. The molecule has 0 aliphatic heterocycles. The summed E-state index contributed by atoms with van der Waals surface area (Å²) in [5.74, 6) is 0. The standard InChI is InChI=1S/C28H20N2.S41/c29-22-16-14-19(15-17-22)21-13-12-20-6-5-11-28(25(20)18-21)30-26-9-3-1-7-23(26)24-8-2-4-10-27(24)30;1-3-5-7-9-11-13-15-17-19-21-23-25-27-29-31-33-35-37-39-41-40-38-36-34-32-30-28-26-24-22-20-18-16-14-12-10-8-6-4-2/h1-18H,29H2;. The number of nitrogen functional groups attached to an aromatic ring is 1. The molecule has 388 valence electrons. The van der Waals surface area contributed by atoms with E-state index < -0.39 is 0 Å². The highest BCUT2D eigenvalue weighted by molar-refractivity contribution is 8.81. The molecule has 0 unspecified atom stereocenters. The van der Waals surface area contributed by atoms with Crippen LogP contribution in [0, 0.1) is 0 Å². The maximum absolute atomic E-state index is 5.89. The average molecular weight is 1700 g/mol. The molecule has 0 bridgehead atoms. The van der Waals surface area contributed by atoms with Crippen molar-refractivity contribution in [2.45, 2.75) is 0 Å². The molecule has 0 fully saturated rings. The van der Waals surface area contributed by atoms with Gasteiger partial charge in [-0.05, 0) is 52.9 Å². The van der Waals surface area contributed by atoms with Crippen molar-refractivity contribution >= 4 is 407 Å². The number of hydrogen-bond donors (Lipinski definition) is 1. The van der Waals surface area contributed by atoms with Gasteiger partial charge in [0.1, 0.15) is 0 Å². The van der Waals surface area contributed by atoms with E-state index in [0.29, 0.717) is 0 Å². The van der Waals surface area contributed by atoms with Crippen molar-refractivity contribution in [3.05, 3.63) is 109 Å². The summed E-state index contributed by atoms with van der Waals surface area (Å²) < 4.78 is 2.39. The van der Waals surface area contributed by atoms with Crippen molar-refractivity contribution in [3.63, 3.8) is 0 Å². The molecule has 71 heavy (non-hydrogen) atoms. The number of aromatic nitrogens is 1. The molecule has 0 aliphatic rings. The third-order valence-corrected chi connectivity index (χ3v) is 91.4. The Balaban J connectivity index is 0.000000273. The number of hydrogen-bond acceptors (Lipinski definition) is 3. The fraction of sp³-hybridized carbons (Fsp3) is 0. The van der Waals surface area contributed by atoms with Gasteiger partial charge in [0.15, 0.2) is 0 Å². The smallest absolute Gasteiger partial charge is 0.0541 e. The Morgan fingerprint density at radius 3 is 0.930 bits per heavy atom. The summed E-state index contributed by atoms with van der Waals surface area (Å²) in [5.41, 5.74) is 12.7. The number of fused-ring (bicyclic) bond motifs is 4. The zero-order valence-electron chi connectivity index (χ0n) is 33.2. The molecule has 0 saturated heterocycles. The maximum Gasteiger partial charge on any atom is 0.0541 e. The predicted molar refractivity (Wildman–Crippen MR) is 430 cm³/mol. The molecule has 43 heteroatoms. The summed E-state index contributed by atoms with van der Waals surface area (Å²) in [5, 5.41) is 5.02. The lowest BCUT2D eigenvalue weighted by Gasteiger charge is -2.13.